The Bertz CT molecular complexity index is 581. The maximum atomic E-state index is 13.4. The second kappa shape index (κ2) is 7.22. The van der Waals surface area contributed by atoms with Gasteiger partial charge < -0.3 is 14.5 Å². The van der Waals surface area contributed by atoms with Crippen molar-refractivity contribution in [1.82, 2.24) is 10.3 Å². The minimum absolute atomic E-state index is 0.201. The lowest BCUT2D eigenvalue weighted by molar-refractivity contribution is 0.386. The highest BCUT2D eigenvalue weighted by atomic mass is 19.1. The Morgan fingerprint density at radius 1 is 1.38 bits per heavy atom. The van der Waals surface area contributed by atoms with Crippen molar-refractivity contribution in [2.45, 2.75) is 32.7 Å². The monoisotopic (exact) mass is 292 g/mol. The fourth-order valence-electron chi connectivity index (χ4n) is 2.00. The van der Waals surface area contributed by atoms with E-state index in [9.17, 15) is 4.39 Å². The van der Waals surface area contributed by atoms with E-state index in [0.29, 0.717) is 17.7 Å². The minimum atomic E-state index is -0.388. The molecule has 0 atom stereocenters. The Morgan fingerprint density at radius 3 is 2.90 bits per heavy atom. The van der Waals surface area contributed by atoms with Gasteiger partial charge in [-0.2, -0.15) is 0 Å². The molecular weight excluding hydrogens is 271 g/mol. The Hall–Kier alpha value is -1.88. The van der Waals surface area contributed by atoms with E-state index in [4.69, 9.17) is 9.15 Å². The molecule has 1 heterocycles. The first kappa shape index (κ1) is 15.5. The number of nitrogens with one attached hydrogen (secondary N) is 1. The van der Waals surface area contributed by atoms with E-state index in [1.165, 1.54) is 13.2 Å². The number of ether oxygens (including phenoxy) is 1. The van der Waals surface area contributed by atoms with E-state index in [1.54, 1.807) is 18.3 Å². The molecule has 0 amide bonds. The largest absolute Gasteiger partial charge is 0.494 e. The third-order valence-corrected chi connectivity index (χ3v) is 3.11. The van der Waals surface area contributed by atoms with E-state index in [1.807, 2.05) is 0 Å². The van der Waals surface area contributed by atoms with Gasteiger partial charge in [0, 0.05) is 18.0 Å². The van der Waals surface area contributed by atoms with Crippen molar-refractivity contribution in [3.05, 3.63) is 36.1 Å². The van der Waals surface area contributed by atoms with E-state index in [-0.39, 0.29) is 11.6 Å². The number of halogens is 1. The fraction of sp³-hybridized carbons (Fsp3) is 0.438. The molecule has 0 bridgehead atoms. The summed E-state index contributed by atoms with van der Waals surface area (Å²) in [4.78, 5) is 4.26. The molecule has 5 heteroatoms. The van der Waals surface area contributed by atoms with Crippen LogP contribution in [-0.4, -0.2) is 24.7 Å². The van der Waals surface area contributed by atoms with Crippen LogP contribution in [0.3, 0.4) is 0 Å². The van der Waals surface area contributed by atoms with Crippen molar-refractivity contribution in [3.63, 3.8) is 0 Å². The molecule has 0 aliphatic carbocycles. The second-order valence-electron chi connectivity index (χ2n) is 5.18. The van der Waals surface area contributed by atoms with Gasteiger partial charge in [-0.3, -0.25) is 0 Å². The van der Waals surface area contributed by atoms with Crippen LogP contribution in [0.15, 0.2) is 28.8 Å². The molecule has 1 aromatic carbocycles. The van der Waals surface area contributed by atoms with Gasteiger partial charge in [-0.25, -0.2) is 9.37 Å². The average Bonchev–Trinajstić information content (AvgIpc) is 2.93. The summed E-state index contributed by atoms with van der Waals surface area (Å²) >= 11 is 0. The number of aryl methyl sites for hydroxylation is 1. The zero-order chi connectivity index (χ0) is 15.2. The van der Waals surface area contributed by atoms with Crippen LogP contribution in [0.25, 0.3) is 11.3 Å². The summed E-state index contributed by atoms with van der Waals surface area (Å²) in [6.45, 7) is 5.16. The summed E-state index contributed by atoms with van der Waals surface area (Å²) in [5.74, 6) is 1.13. The van der Waals surface area contributed by atoms with Crippen LogP contribution in [0.5, 0.6) is 5.75 Å². The predicted octanol–water partition coefficient (Wildman–Crippen LogP) is 3.42. The molecule has 1 aromatic heterocycles. The number of hydrogen-bond acceptors (Lipinski definition) is 4. The zero-order valence-electron chi connectivity index (χ0n) is 12.6. The van der Waals surface area contributed by atoms with Crippen LogP contribution in [-0.2, 0) is 6.42 Å². The Balaban J connectivity index is 1.99. The molecule has 0 unspecified atom stereocenters. The van der Waals surface area contributed by atoms with Gasteiger partial charge in [-0.15, -0.1) is 0 Å². The molecule has 1 N–H and O–H groups in total. The molecule has 0 radical (unpaired) electrons. The lowest BCUT2D eigenvalue weighted by Crippen LogP contribution is -2.23. The van der Waals surface area contributed by atoms with Gasteiger partial charge in [-0.05, 0) is 31.2 Å². The van der Waals surface area contributed by atoms with Gasteiger partial charge in [0.1, 0.15) is 0 Å². The van der Waals surface area contributed by atoms with E-state index in [0.717, 1.165) is 24.9 Å². The number of hydrogen-bond donors (Lipinski definition) is 1. The normalized spacial score (nSPS) is 11.1. The zero-order valence-corrected chi connectivity index (χ0v) is 12.6. The molecule has 0 saturated heterocycles. The molecule has 0 aliphatic heterocycles. The highest BCUT2D eigenvalue weighted by Crippen LogP contribution is 2.27. The third-order valence-electron chi connectivity index (χ3n) is 3.11. The van der Waals surface area contributed by atoms with E-state index < -0.39 is 0 Å². The first-order valence-corrected chi connectivity index (χ1v) is 7.12. The van der Waals surface area contributed by atoms with Crippen LogP contribution in [0.1, 0.15) is 26.2 Å². The van der Waals surface area contributed by atoms with Crippen LogP contribution in [0.2, 0.25) is 0 Å². The number of aromatic nitrogens is 1. The van der Waals surface area contributed by atoms with E-state index in [2.05, 4.69) is 24.1 Å². The Morgan fingerprint density at radius 2 is 2.19 bits per heavy atom. The standard InChI is InChI=1S/C16H21FN2O2/c1-11(2)18-8-4-5-16-19-10-15(21-16)12-6-7-13(17)14(9-12)20-3/h6-7,9-11,18H,4-5,8H2,1-3H3. The first-order chi connectivity index (χ1) is 10.1. The lowest BCUT2D eigenvalue weighted by Gasteiger charge is -2.06. The highest BCUT2D eigenvalue weighted by molar-refractivity contribution is 5.59. The predicted molar refractivity (Wildman–Crippen MR) is 79.9 cm³/mol. The van der Waals surface area contributed by atoms with Crippen LogP contribution < -0.4 is 10.1 Å². The number of rotatable bonds is 7. The average molecular weight is 292 g/mol. The van der Waals surface area contributed by atoms with Crippen molar-refractivity contribution >= 4 is 0 Å². The first-order valence-electron chi connectivity index (χ1n) is 7.12. The molecule has 0 aliphatic rings. The molecule has 0 saturated carbocycles. The molecule has 4 nitrogen and oxygen atoms in total. The van der Waals surface area contributed by atoms with Crippen LogP contribution >= 0.6 is 0 Å². The lowest BCUT2D eigenvalue weighted by atomic mass is 10.2. The summed E-state index contributed by atoms with van der Waals surface area (Å²) in [7, 11) is 1.44. The third kappa shape index (κ3) is 4.29. The summed E-state index contributed by atoms with van der Waals surface area (Å²) in [5, 5.41) is 3.35. The van der Waals surface area contributed by atoms with Crippen molar-refractivity contribution in [3.8, 4) is 17.1 Å². The van der Waals surface area contributed by atoms with Crippen molar-refractivity contribution in [2.75, 3.05) is 13.7 Å². The maximum absolute atomic E-state index is 13.4. The molecule has 0 spiro atoms. The molecule has 21 heavy (non-hydrogen) atoms. The smallest absolute Gasteiger partial charge is 0.194 e. The molecule has 2 rings (SSSR count). The van der Waals surface area contributed by atoms with Gasteiger partial charge >= 0.3 is 0 Å². The molecule has 2 aromatic rings. The topological polar surface area (TPSA) is 47.3 Å². The maximum Gasteiger partial charge on any atom is 0.194 e. The molecular formula is C16H21FN2O2. The number of nitrogens with zero attached hydrogens (tertiary/aromatic N) is 1. The molecule has 0 fully saturated rings. The summed E-state index contributed by atoms with van der Waals surface area (Å²) in [5.41, 5.74) is 0.757. The minimum Gasteiger partial charge on any atom is -0.494 e. The van der Waals surface area contributed by atoms with Crippen molar-refractivity contribution in [1.29, 1.82) is 0 Å². The SMILES string of the molecule is COc1cc(-c2cnc(CCCNC(C)C)o2)ccc1F. The van der Waals surface area contributed by atoms with Gasteiger partial charge in [0.2, 0.25) is 0 Å². The van der Waals surface area contributed by atoms with Gasteiger partial charge in [-0.1, -0.05) is 13.8 Å². The van der Waals surface area contributed by atoms with E-state index >= 15 is 0 Å². The van der Waals surface area contributed by atoms with Crippen LogP contribution in [0.4, 0.5) is 4.39 Å². The number of oxazole rings is 1. The van der Waals surface area contributed by atoms with Crippen LogP contribution in [0, 0.1) is 5.82 Å². The number of benzene rings is 1. The quantitative estimate of drug-likeness (QED) is 0.794. The van der Waals surface area contributed by atoms with Crippen molar-refractivity contribution < 1.29 is 13.5 Å². The summed E-state index contributed by atoms with van der Waals surface area (Å²) in [6, 6.07) is 5.11. The van der Waals surface area contributed by atoms with Crippen molar-refractivity contribution in [2.24, 2.45) is 0 Å². The van der Waals surface area contributed by atoms with Gasteiger partial charge in [0.05, 0.1) is 13.3 Å². The molecule has 114 valence electrons. The summed E-state index contributed by atoms with van der Waals surface area (Å²) < 4.78 is 24.1. The highest BCUT2D eigenvalue weighted by Gasteiger charge is 2.10. The Kier molecular flexibility index (Phi) is 5.33. The Labute approximate surface area is 124 Å². The summed E-state index contributed by atoms with van der Waals surface area (Å²) in [6.07, 6.45) is 3.40. The number of methoxy groups -OCH3 is 1. The fourth-order valence-corrected chi connectivity index (χ4v) is 2.00. The van der Waals surface area contributed by atoms with Gasteiger partial charge in [0.15, 0.2) is 23.2 Å². The van der Waals surface area contributed by atoms with Gasteiger partial charge in [0.25, 0.3) is 0 Å². The second-order valence-corrected chi connectivity index (χ2v) is 5.18.